The highest BCUT2D eigenvalue weighted by Crippen LogP contribution is 2.20. The predicted molar refractivity (Wildman–Crippen MR) is 112 cm³/mol. The van der Waals surface area contributed by atoms with E-state index in [9.17, 15) is 9.59 Å². The molecule has 0 aliphatic heterocycles. The Balaban J connectivity index is 1.57. The Labute approximate surface area is 167 Å². The Morgan fingerprint density at radius 2 is 1.38 bits per heavy atom. The number of hydrogen-bond donors (Lipinski definition) is 1. The largest absolute Gasteiger partial charge is 0.299 e. The standard InChI is InChI=1S/C23H18N4O2/c1-16-21(23(29)27(26-16)20-10-6-3-7-11-20)25-24-19-14-12-18(13-15-19)22(28)17-8-4-2-5-9-17/h2-15,26H,1H3. The van der Waals surface area contributed by atoms with Crippen molar-refractivity contribution in [1.82, 2.24) is 9.78 Å². The van der Waals surface area contributed by atoms with Gasteiger partial charge in [0.05, 0.1) is 17.1 Å². The SMILES string of the molecule is Cc1[nH]n(-c2ccccc2)c(=O)c1N=Nc1ccc(C(=O)c2ccccc2)cc1. The first-order valence-corrected chi connectivity index (χ1v) is 9.12. The summed E-state index contributed by atoms with van der Waals surface area (Å²) < 4.78 is 1.44. The zero-order valence-electron chi connectivity index (χ0n) is 15.7. The van der Waals surface area contributed by atoms with Crippen LogP contribution in [0.15, 0.2) is 100.0 Å². The number of carbonyl (C=O) groups excluding carboxylic acids is 1. The molecule has 0 aliphatic rings. The van der Waals surface area contributed by atoms with Crippen LogP contribution in [-0.2, 0) is 0 Å². The van der Waals surface area contributed by atoms with Crippen LogP contribution in [0, 0.1) is 6.92 Å². The highest BCUT2D eigenvalue weighted by atomic mass is 16.1. The quantitative estimate of drug-likeness (QED) is 0.384. The molecular formula is C23H18N4O2. The van der Waals surface area contributed by atoms with Crippen molar-refractivity contribution in [2.45, 2.75) is 6.92 Å². The Morgan fingerprint density at radius 3 is 2.03 bits per heavy atom. The molecule has 1 N–H and O–H groups in total. The molecule has 0 bridgehead atoms. The number of aromatic nitrogens is 2. The Hall–Kier alpha value is -4.06. The Bertz CT molecular complexity index is 1220. The lowest BCUT2D eigenvalue weighted by molar-refractivity contribution is 0.103. The van der Waals surface area contributed by atoms with Gasteiger partial charge in [-0.3, -0.25) is 14.7 Å². The molecule has 0 spiro atoms. The molecule has 1 aromatic heterocycles. The lowest BCUT2D eigenvalue weighted by atomic mass is 10.0. The monoisotopic (exact) mass is 382 g/mol. The molecule has 4 rings (SSSR count). The number of H-pyrrole nitrogens is 1. The summed E-state index contributed by atoms with van der Waals surface area (Å²) >= 11 is 0. The first-order valence-electron chi connectivity index (χ1n) is 9.12. The minimum atomic E-state index is -0.270. The molecule has 0 atom stereocenters. The third-order valence-electron chi connectivity index (χ3n) is 4.49. The smallest absolute Gasteiger partial charge is 0.293 e. The number of azo groups is 1. The van der Waals surface area contributed by atoms with Crippen LogP contribution in [0.1, 0.15) is 21.6 Å². The van der Waals surface area contributed by atoms with Crippen molar-refractivity contribution < 1.29 is 4.79 Å². The molecule has 0 aliphatic carbocycles. The van der Waals surface area contributed by atoms with Crippen molar-refractivity contribution in [2.75, 3.05) is 0 Å². The maximum absolute atomic E-state index is 12.6. The Kier molecular flexibility index (Phi) is 4.99. The zero-order chi connectivity index (χ0) is 20.2. The molecule has 0 unspecified atom stereocenters. The number of aromatic amines is 1. The van der Waals surface area contributed by atoms with E-state index in [1.807, 2.05) is 48.5 Å². The van der Waals surface area contributed by atoms with Gasteiger partial charge in [0.1, 0.15) is 0 Å². The summed E-state index contributed by atoms with van der Waals surface area (Å²) in [6, 6.07) is 25.2. The normalized spacial score (nSPS) is 11.1. The number of ketones is 1. The van der Waals surface area contributed by atoms with Crippen molar-refractivity contribution in [3.8, 4) is 5.69 Å². The maximum Gasteiger partial charge on any atom is 0.299 e. The van der Waals surface area contributed by atoms with Crippen molar-refractivity contribution in [3.05, 3.63) is 112 Å². The molecule has 0 saturated carbocycles. The first kappa shape index (κ1) is 18.3. The minimum Gasteiger partial charge on any atom is -0.293 e. The topological polar surface area (TPSA) is 79.6 Å². The maximum atomic E-state index is 12.6. The molecule has 0 radical (unpaired) electrons. The fourth-order valence-corrected chi connectivity index (χ4v) is 2.96. The van der Waals surface area contributed by atoms with Gasteiger partial charge in [-0.2, -0.15) is 5.11 Å². The summed E-state index contributed by atoms with van der Waals surface area (Å²) in [5, 5.41) is 11.3. The number of carbonyl (C=O) groups is 1. The van der Waals surface area contributed by atoms with E-state index in [4.69, 9.17) is 0 Å². The summed E-state index contributed by atoms with van der Waals surface area (Å²) in [6.45, 7) is 1.77. The predicted octanol–water partition coefficient (Wildman–Crippen LogP) is 5.12. The first-order chi connectivity index (χ1) is 14.1. The highest BCUT2D eigenvalue weighted by Gasteiger charge is 2.12. The van der Waals surface area contributed by atoms with E-state index in [-0.39, 0.29) is 17.0 Å². The molecule has 3 aromatic carbocycles. The van der Waals surface area contributed by atoms with Crippen molar-refractivity contribution in [3.63, 3.8) is 0 Å². The van der Waals surface area contributed by atoms with Gasteiger partial charge < -0.3 is 0 Å². The van der Waals surface area contributed by atoms with Crippen LogP contribution in [0.5, 0.6) is 0 Å². The number of benzene rings is 3. The van der Waals surface area contributed by atoms with Crippen LogP contribution in [-0.4, -0.2) is 15.6 Å². The lowest BCUT2D eigenvalue weighted by Crippen LogP contribution is -2.13. The fraction of sp³-hybridized carbons (Fsp3) is 0.0435. The lowest BCUT2D eigenvalue weighted by Gasteiger charge is -2.01. The summed E-state index contributed by atoms with van der Waals surface area (Å²) in [4.78, 5) is 25.1. The molecule has 6 nitrogen and oxygen atoms in total. The van der Waals surface area contributed by atoms with Gasteiger partial charge in [0.25, 0.3) is 5.56 Å². The van der Waals surface area contributed by atoms with E-state index in [1.54, 1.807) is 43.3 Å². The molecule has 0 fully saturated rings. The summed E-state index contributed by atoms with van der Waals surface area (Å²) in [5.41, 5.74) is 3.09. The number of hydrogen-bond acceptors (Lipinski definition) is 4. The number of aryl methyl sites for hydroxylation is 1. The highest BCUT2D eigenvalue weighted by molar-refractivity contribution is 6.09. The molecule has 142 valence electrons. The molecule has 4 aromatic rings. The number of nitrogens with zero attached hydrogens (tertiary/aromatic N) is 3. The fourth-order valence-electron chi connectivity index (χ4n) is 2.96. The van der Waals surface area contributed by atoms with E-state index in [1.165, 1.54) is 4.68 Å². The minimum absolute atomic E-state index is 0.0543. The molecular weight excluding hydrogens is 364 g/mol. The van der Waals surface area contributed by atoms with Crippen LogP contribution in [0.25, 0.3) is 5.69 Å². The average molecular weight is 382 g/mol. The number of rotatable bonds is 5. The van der Waals surface area contributed by atoms with Gasteiger partial charge >= 0.3 is 0 Å². The molecule has 0 saturated heterocycles. The Morgan fingerprint density at radius 1 is 0.793 bits per heavy atom. The molecule has 0 amide bonds. The van der Waals surface area contributed by atoms with Gasteiger partial charge in [-0.15, -0.1) is 5.11 Å². The van der Waals surface area contributed by atoms with Gasteiger partial charge in [-0.05, 0) is 43.3 Å². The van der Waals surface area contributed by atoms with Crippen LogP contribution >= 0.6 is 0 Å². The van der Waals surface area contributed by atoms with E-state index < -0.39 is 0 Å². The van der Waals surface area contributed by atoms with Gasteiger partial charge in [0.15, 0.2) is 11.5 Å². The number of nitrogens with one attached hydrogen (secondary N) is 1. The van der Waals surface area contributed by atoms with Gasteiger partial charge in [-0.25, -0.2) is 4.68 Å². The van der Waals surface area contributed by atoms with Crippen LogP contribution in [0.2, 0.25) is 0 Å². The van der Waals surface area contributed by atoms with Crippen LogP contribution in [0.4, 0.5) is 11.4 Å². The van der Waals surface area contributed by atoms with E-state index >= 15 is 0 Å². The van der Waals surface area contributed by atoms with Gasteiger partial charge in [0.2, 0.25) is 0 Å². The molecule has 6 heteroatoms. The van der Waals surface area contributed by atoms with Crippen LogP contribution < -0.4 is 5.56 Å². The second-order valence-electron chi connectivity index (χ2n) is 6.50. The second kappa shape index (κ2) is 7.90. The van der Waals surface area contributed by atoms with E-state index in [2.05, 4.69) is 15.3 Å². The number of para-hydroxylation sites is 1. The zero-order valence-corrected chi connectivity index (χ0v) is 15.7. The third kappa shape index (κ3) is 3.82. The molecule has 1 heterocycles. The third-order valence-corrected chi connectivity index (χ3v) is 4.49. The summed E-state index contributed by atoms with van der Waals surface area (Å²) in [6.07, 6.45) is 0. The van der Waals surface area contributed by atoms with Crippen molar-refractivity contribution >= 4 is 17.2 Å². The van der Waals surface area contributed by atoms with Crippen molar-refractivity contribution in [2.24, 2.45) is 10.2 Å². The van der Waals surface area contributed by atoms with E-state index in [0.29, 0.717) is 22.5 Å². The van der Waals surface area contributed by atoms with Crippen LogP contribution in [0.3, 0.4) is 0 Å². The summed E-state index contributed by atoms with van der Waals surface area (Å²) in [7, 11) is 0. The average Bonchev–Trinajstić information content (AvgIpc) is 3.07. The van der Waals surface area contributed by atoms with E-state index in [0.717, 1.165) is 5.69 Å². The van der Waals surface area contributed by atoms with Gasteiger partial charge in [0, 0.05) is 11.1 Å². The summed E-state index contributed by atoms with van der Waals surface area (Å²) in [5.74, 6) is -0.0543. The van der Waals surface area contributed by atoms with Gasteiger partial charge in [-0.1, -0.05) is 48.5 Å². The second-order valence-corrected chi connectivity index (χ2v) is 6.50. The molecule has 29 heavy (non-hydrogen) atoms. The van der Waals surface area contributed by atoms with Crippen molar-refractivity contribution in [1.29, 1.82) is 0 Å².